The number of hydrogen-bond donors (Lipinski definition) is 1. The fourth-order valence-electron chi connectivity index (χ4n) is 3.91. The van der Waals surface area contributed by atoms with E-state index >= 15 is 0 Å². The molecule has 1 N–H and O–H groups in total. The van der Waals surface area contributed by atoms with Crippen LogP contribution < -0.4 is 15.0 Å². The second kappa shape index (κ2) is 9.64. The van der Waals surface area contributed by atoms with E-state index in [4.69, 9.17) is 4.74 Å². The fraction of sp³-hybridized carbons (Fsp3) is 0.333. The Hall–Kier alpha value is -3.68. The molecule has 0 aliphatic carbocycles. The van der Waals surface area contributed by atoms with Crippen LogP contribution in [0.4, 0.5) is 5.69 Å². The van der Waals surface area contributed by atoms with Gasteiger partial charge in [-0.05, 0) is 24.1 Å². The number of nitrogens with zero attached hydrogens (tertiary/aromatic N) is 2. The molecule has 0 aromatic heterocycles. The monoisotopic (exact) mass is 435 g/mol. The maximum atomic E-state index is 13.0. The Morgan fingerprint density at radius 3 is 2.41 bits per heavy atom. The largest absolute Gasteiger partial charge is 0.477 e. The molecule has 2 aromatic rings. The zero-order valence-corrected chi connectivity index (χ0v) is 17.7. The van der Waals surface area contributed by atoms with Gasteiger partial charge in [-0.3, -0.25) is 24.1 Å². The quantitative estimate of drug-likeness (QED) is 0.668. The van der Waals surface area contributed by atoms with Crippen LogP contribution in [-0.4, -0.2) is 54.3 Å². The number of benzene rings is 2. The predicted octanol–water partition coefficient (Wildman–Crippen LogP) is 1.68. The van der Waals surface area contributed by atoms with Crippen LogP contribution in [0.25, 0.3) is 0 Å². The molecule has 0 saturated carbocycles. The average molecular weight is 435 g/mol. The number of carbonyl (C=O) groups is 4. The molecule has 2 aromatic carbocycles. The van der Waals surface area contributed by atoms with Crippen molar-refractivity contribution in [3.63, 3.8) is 0 Å². The maximum Gasteiger partial charge on any atom is 0.262 e. The number of likely N-dealkylation sites (tertiary alicyclic amines) is 1. The zero-order chi connectivity index (χ0) is 22.5. The number of carbonyl (C=O) groups excluding carboxylic acids is 4. The van der Waals surface area contributed by atoms with E-state index in [2.05, 4.69) is 5.32 Å². The van der Waals surface area contributed by atoms with E-state index in [0.29, 0.717) is 24.4 Å². The Balaban J connectivity index is 1.39. The van der Waals surface area contributed by atoms with Crippen LogP contribution in [0.2, 0.25) is 0 Å². The topological polar surface area (TPSA) is 96.0 Å². The van der Waals surface area contributed by atoms with E-state index < -0.39 is 6.10 Å². The van der Waals surface area contributed by atoms with Crippen LogP contribution in [0, 0.1) is 0 Å². The normalized spacial score (nSPS) is 17.7. The summed E-state index contributed by atoms with van der Waals surface area (Å²) in [5.41, 5.74) is 1.69. The molecule has 4 amide bonds. The Morgan fingerprint density at radius 2 is 1.66 bits per heavy atom. The van der Waals surface area contributed by atoms with Gasteiger partial charge in [0.15, 0.2) is 6.10 Å². The predicted molar refractivity (Wildman–Crippen MR) is 117 cm³/mol. The summed E-state index contributed by atoms with van der Waals surface area (Å²) in [6.07, 6.45) is 0.224. The summed E-state index contributed by atoms with van der Waals surface area (Å²) in [5.74, 6) is -0.612. The molecule has 1 fully saturated rings. The van der Waals surface area contributed by atoms with Gasteiger partial charge < -0.3 is 15.0 Å². The van der Waals surface area contributed by atoms with Crippen molar-refractivity contribution in [1.82, 2.24) is 10.2 Å². The average Bonchev–Trinajstić information content (AvgIpc) is 3.14. The van der Waals surface area contributed by atoms with Crippen molar-refractivity contribution >= 4 is 29.3 Å². The van der Waals surface area contributed by atoms with Gasteiger partial charge in [0.1, 0.15) is 5.75 Å². The number of rotatable bonds is 7. The van der Waals surface area contributed by atoms with Gasteiger partial charge in [0.2, 0.25) is 17.7 Å². The first-order valence-electron chi connectivity index (χ1n) is 10.7. The lowest BCUT2D eigenvalue weighted by atomic mass is 10.1. The standard InChI is InChI=1S/C24H25N3O5/c28-21-10-11-22(29)26(21)15-13-23(30)27-16-20(32-19-9-5-4-8-18(19)27)24(31)25-14-12-17-6-2-1-3-7-17/h1-9,20H,10-16H2,(H,25,31). The van der Waals surface area contributed by atoms with Gasteiger partial charge >= 0.3 is 0 Å². The molecule has 0 bridgehead atoms. The van der Waals surface area contributed by atoms with Gasteiger partial charge in [0.05, 0.1) is 12.2 Å². The minimum atomic E-state index is -0.848. The number of nitrogens with one attached hydrogen (secondary N) is 1. The van der Waals surface area contributed by atoms with Gasteiger partial charge in [-0.25, -0.2) is 0 Å². The van der Waals surface area contributed by atoms with Crippen LogP contribution in [0.5, 0.6) is 5.75 Å². The number of imide groups is 1. The van der Waals surface area contributed by atoms with E-state index in [9.17, 15) is 19.2 Å². The molecule has 4 rings (SSSR count). The van der Waals surface area contributed by atoms with Crippen LogP contribution in [-0.2, 0) is 25.6 Å². The number of hydrogen-bond acceptors (Lipinski definition) is 5. The lowest BCUT2D eigenvalue weighted by Crippen LogP contribution is -2.51. The molecule has 2 heterocycles. The molecule has 1 unspecified atom stereocenters. The van der Waals surface area contributed by atoms with Crippen LogP contribution in [0.15, 0.2) is 54.6 Å². The van der Waals surface area contributed by atoms with E-state index in [0.717, 1.165) is 10.5 Å². The third-order valence-electron chi connectivity index (χ3n) is 5.63. The summed E-state index contributed by atoms with van der Waals surface area (Å²) in [5, 5.41) is 2.88. The van der Waals surface area contributed by atoms with Crippen LogP contribution >= 0.6 is 0 Å². The lowest BCUT2D eigenvalue weighted by molar-refractivity contribution is -0.138. The second-order valence-corrected chi connectivity index (χ2v) is 7.79. The molecule has 2 aliphatic heterocycles. The first-order valence-corrected chi connectivity index (χ1v) is 10.7. The van der Waals surface area contributed by atoms with Crippen molar-refractivity contribution in [2.24, 2.45) is 0 Å². The summed E-state index contributed by atoms with van der Waals surface area (Å²) < 4.78 is 5.86. The van der Waals surface area contributed by atoms with Gasteiger partial charge in [0.25, 0.3) is 5.91 Å². The Labute approximate surface area is 186 Å². The molecular weight excluding hydrogens is 410 g/mol. The summed E-state index contributed by atoms with van der Waals surface area (Å²) in [6, 6.07) is 16.9. The van der Waals surface area contributed by atoms with Gasteiger partial charge in [-0.2, -0.15) is 0 Å². The maximum absolute atomic E-state index is 13.0. The van der Waals surface area contributed by atoms with E-state index in [-0.39, 0.29) is 56.0 Å². The SMILES string of the molecule is O=C(NCCc1ccccc1)C1CN(C(=O)CCN2C(=O)CCC2=O)c2ccccc2O1. The van der Waals surface area contributed by atoms with Gasteiger partial charge in [-0.15, -0.1) is 0 Å². The summed E-state index contributed by atoms with van der Waals surface area (Å²) in [4.78, 5) is 52.0. The van der Waals surface area contributed by atoms with Crippen molar-refractivity contribution in [3.05, 3.63) is 60.2 Å². The fourth-order valence-corrected chi connectivity index (χ4v) is 3.91. The minimum Gasteiger partial charge on any atom is -0.477 e. The third-order valence-corrected chi connectivity index (χ3v) is 5.63. The van der Waals surface area contributed by atoms with Crippen molar-refractivity contribution in [2.45, 2.75) is 31.8 Å². The van der Waals surface area contributed by atoms with Gasteiger partial charge in [0, 0.05) is 32.4 Å². The number of fused-ring (bicyclic) bond motifs is 1. The number of amides is 4. The zero-order valence-electron chi connectivity index (χ0n) is 17.7. The highest BCUT2D eigenvalue weighted by molar-refractivity contribution is 6.03. The smallest absolute Gasteiger partial charge is 0.262 e. The molecule has 32 heavy (non-hydrogen) atoms. The third kappa shape index (κ3) is 4.80. The highest BCUT2D eigenvalue weighted by atomic mass is 16.5. The molecule has 166 valence electrons. The first kappa shape index (κ1) is 21.5. The minimum absolute atomic E-state index is 0.00579. The number of ether oxygens (including phenoxy) is 1. The van der Waals surface area contributed by atoms with E-state index in [1.165, 1.54) is 4.90 Å². The summed E-state index contributed by atoms with van der Waals surface area (Å²) >= 11 is 0. The molecule has 8 heteroatoms. The van der Waals surface area contributed by atoms with Gasteiger partial charge in [-0.1, -0.05) is 42.5 Å². The van der Waals surface area contributed by atoms with Crippen molar-refractivity contribution in [3.8, 4) is 5.75 Å². The highest BCUT2D eigenvalue weighted by Gasteiger charge is 2.35. The lowest BCUT2D eigenvalue weighted by Gasteiger charge is -2.34. The molecule has 8 nitrogen and oxygen atoms in total. The number of anilines is 1. The Kier molecular flexibility index (Phi) is 6.49. The Bertz CT molecular complexity index is 1010. The molecule has 1 saturated heterocycles. The van der Waals surface area contributed by atoms with Crippen molar-refractivity contribution in [1.29, 1.82) is 0 Å². The summed E-state index contributed by atoms with van der Waals surface area (Å²) in [6.45, 7) is 0.566. The molecule has 0 spiro atoms. The van der Waals surface area contributed by atoms with Crippen molar-refractivity contribution in [2.75, 3.05) is 24.5 Å². The molecule has 0 radical (unpaired) electrons. The van der Waals surface area contributed by atoms with E-state index in [1.54, 1.807) is 24.3 Å². The van der Waals surface area contributed by atoms with Crippen LogP contribution in [0.3, 0.4) is 0 Å². The first-order chi connectivity index (χ1) is 15.5. The van der Waals surface area contributed by atoms with Crippen LogP contribution in [0.1, 0.15) is 24.8 Å². The number of para-hydroxylation sites is 2. The van der Waals surface area contributed by atoms with E-state index in [1.807, 2.05) is 30.3 Å². The molecule has 2 aliphatic rings. The molecular formula is C24H25N3O5. The summed E-state index contributed by atoms with van der Waals surface area (Å²) in [7, 11) is 0. The Morgan fingerprint density at radius 1 is 0.969 bits per heavy atom. The molecule has 1 atom stereocenters. The van der Waals surface area contributed by atoms with Crippen molar-refractivity contribution < 1.29 is 23.9 Å². The highest BCUT2D eigenvalue weighted by Crippen LogP contribution is 2.33. The second-order valence-electron chi connectivity index (χ2n) is 7.79.